The van der Waals surface area contributed by atoms with Crippen LogP contribution in [0.1, 0.15) is 42.6 Å². The molecular formula is C21H24F3N5O. The Morgan fingerprint density at radius 2 is 1.87 bits per heavy atom. The van der Waals surface area contributed by atoms with E-state index in [0.29, 0.717) is 41.1 Å². The number of imidazole rings is 1. The van der Waals surface area contributed by atoms with E-state index in [1.54, 1.807) is 0 Å². The highest BCUT2D eigenvalue weighted by Crippen LogP contribution is 2.57. The van der Waals surface area contributed by atoms with E-state index < -0.39 is 17.6 Å². The van der Waals surface area contributed by atoms with Crippen molar-refractivity contribution in [3.05, 3.63) is 29.8 Å². The Labute approximate surface area is 172 Å². The van der Waals surface area contributed by atoms with Crippen LogP contribution in [0.25, 0.3) is 11.3 Å². The van der Waals surface area contributed by atoms with Gasteiger partial charge >= 0.3 is 6.18 Å². The van der Waals surface area contributed by atoms with Crippen LogP contribution in [0.15, 0.2) is 18.5 Å². The predicted octanol–water partition coefficient (Wildman–Crippen LogP) is 3.32. The van der Waals surface area contributed by atoms with Crippen LogP contribution in [0.5, 0.6) is 0 Å². The van der Waals surface area contributed by atoms with E-state index in [9.17, 15) is 13.2 Å². The van der Waals surface area contributed by atoms with Gasteiger partial charge in [-0.05, 0) is 30.7 Å². The molecule has 2 saturated carbocycles. The molecule has 0 amide bonds. The number of likely N-dealkylation sites (tertiary alicyclic amines) is 1. The lowest BCUT2D eigenvalue weighted by Crippen LogP contribution is -2.49. The van der Waals surface area contributed by atoms with Crippen molar-refractivity contribution in [2.45, 2.75) is 43.4 Å². The first-order chi connectivity index (χ1) is 14.4. The molecule has 4 fully saturated rings. The number of piperidine rings is 1. The van der Waals surface area contributed by atoms with Gasteiger partial charge < -0.3 is 15.0 Å². The van der Waals surface area contributed by atoms with Gasteiger partial charge in [-0.2, -0.15) is 13.2 Å². The second-order valence-electron chi connectivity index (χ2n) is 9.14. The van der Waals surface area contributed by atoms with Crippen LogP contribution in [0.3, 0.4) is 0 Å². The average molecular weight is 419 g/mol. The highest BCUT2D eigenvalue weighted by molar-refractivity contribution is 5.62. The Morgan fingerprint density at radius 1 is 1.13 bits per heavy atom. The SMILES string of the molecule is Nc1ncc(-c2cn([C@H]3[C@@H]4CN(C5COC5)C[C@@H]43)c(C3CCC3)n2)cc1C(F)(F)F. The van der Waals surface area contributed by atoms with Crippen molar-refractivity contribution in [2.24, 2.45) is 11.8 Å². The molecule has 0 spiro atoms. The minimum Gasteiger partial charge on any atom is -0.383 e. The lowest BCUT2D eigenvalue weighted by atomic mass is 9.85. The molecule has 0 aromatic carbocycles. The largest absolute Gasteiger partial charge is 0.419 e. The standard InChI is InChI=1S/C21H24F3N5O/c22-21(23,24)16-4-12(5-26-19(16)25)17-8-29(20(27-17)11-2-1-3-11)18-14-6-28(7-15(14)18)13-9-30-10-13/h4-5,8,11,13-15,18H,1-3,6-7,9-10H2,(H2,25,26)/t14-,15+,18+. The van der Waals surface area contributed by atoms with Crippen molar-refractivity contribution < 1.29 is 17.9 Å². The summed E-state index contributed by atoms with van der Waals surface area (Å²) in [5.41, 5.74) is 5.50. The number of aromatic nitrogens is 3. The Kier molecular flexibility index (Phi) is 3.99. The first-order valence-corrected chi connectivity index (χ1v) is 10.6. The van der Waals surface area contributed by atoms with Crippen molar-refractivity contribution >= 4 is 5.82 Å². The molecule has 0 bridgehead atoms. The maximum atomic E-state index is 13.3. The molecular weight excluding hydrogens is 395 g/mol. The highest BCUT2D eigenvalue weighted by Gasteiger charge is 2.59. The van der Waals surface area contributed by atoms with E-state index >= 15 is 0 Å². The minimum atomic E-state index is -4.53. The van der Waals surface area contributed by atoms with Gasteiger partial charge in [0.05, 0.1) is 30.5 Å². The summed E-state index contributed by atoms with van der Waals surface area (Å²) in [6.45, 7) is 3.81. The summed E-state index contributed by atoms with van der Waals surface area (Å²) in [7, 11) is 0. The lowest BCUT2D eigenvalue weighted by molar-refractivity contribution is -0.137. The summed E-state index contributed by atoms with van der Waals surface area (Å²) in [5.74, 6) is 2.13. The minimum absolute atomic E-state index is 0.370. The number of fused-ring (bicyclic) bond motifs is 1. The second-order valence-corrected chi connectivity index (χ2v) is 9.14. The fourth-order valence-electron chi connectivity index (χ4n) is 5.27. The molecule has 9 heteroatoms. The van der Waals surface area contributed by atoms with Crippen LogP contribution in [0.2, 0.25) is 0 Å². The van der Waals surface area contributed by atoms with Crippen LogP contribution < -0.4 is 5.73 Å². The number of hydrogen-bond donors (Lipinski definition) is 1. The monoisotopic (exact) mass is 419 g/mol. The van der Waals surface area contributed by atoms with Gasteiger partial charge in [0.2, 0.25) is 0 Å². The summed E-state index contributed by atoms with van der Waals surface area (Å²) in [5, 5.41) is 0. The Hall–Kier alpha value is -2.13. The Bertz CT molecular complexity index is 970. The zero-order valence-electron chi connectivity index (χ0n) is 16.5. The van der Waals surface area contributed by atoms with E-state index in [0.717, 1.165) is 51.0 Å². The fourth-order valence-corrected chi connectivity index (χ4v) is 5.27. The van der Waals surface area contributed by atoms with Gasteiger partial charge in [-0.3, -0.25) is 4.90 Å². The number of nitrogen functional groups attached to an aromatic ring is 1. The number of hydrogen-bond acceptors (Lipinski definition) is 5. The number of ether oxygens (including phenoxy) is 1. The van der Waals surface area contributed by atoms with Gasteiger partial charge in [0.25, 0.3) is 0 Å². The van der Waals surface area contributed by atoms with E-state index in [1.165, 1.54) is 12.6 Å². The molecule has 2 saturated heterocycles. The molecule has 4 aliphatic rings. The Morgan fingerprint density at radius 3 is 2.43 bits per heavy atom. The van der Waals surface area contributed by atoms with Gasteiger partial charge in [0, 0.05) is 43.0 Å². The van der Waals surface area contributed by atoms with Crippen molar-refractivity contribution in [2.75, 3.05) is 32.0 Å². The molecule has 2 N–H and O–H groups in total. The summed E-state index contributed by atoms with van der Waals surface area (Å²) >= 11 is 0. The molecule has 2 aromatic heterocycles. The van der Waals surface area contributed by atoms with Gasteiger partial charge in [-0.15, -0.1) is 0 Å². The fraction of sp³-hybridized carbons (Fsp3) is 0.619. The molecule has 2 aromatic rings. The number of nitrogens with zero attached hydrogens (tertiary/aromatic N) is 4. The molecule has 4 heterocycles. The van der Waals surface area contributed by atoms with Crippen LogP contribution >= 0.6 is 0 Å². The number of alkyl halides is 3. The third kappa shape index (κ3) is 2.85. The Balaban J connectivity index is 1.30. The van der Waals surface area contributed by atoms with E-state index in [4.69, 9.17) is 15.5 Å². The van der Waals surface area contributed by atoms with Gasteiger partial charge in [-0.1, -0.05) is 6.42 Å². The first-order valence-electron chi connectivity index (χ1n) is 10.6. The van der Waals surface area contributed by atoms with Crippen molar-refractivity contribution in [3.63, 3.8) is 0 Å². The normalized spacial score (nSPS) is 29.5. The van der Waals surface area contributed by atoms with E-state index in [-0.39, 0.29) is 0 Å². The maximum absolute atomic E-state index is 13.3. The average Bonchev–Trinajstić information content (AvgIpc) is 2.94. The van der Waals surface area contributed by atoms with Gasteiger partial charge in [-0.25, -0.2) is 9.97 Å². The van der Waals surface area contributed by atoms with Gasteiger partial charge in [0.15, 0.2) is 0 Å². The van der Waals surface area contributed by atoms with Crippen molar-refractivity contribution in [1.29, 1.82) is 0 Å². The predicted molar refractivity (Wildman–Crippen MR) is 104 cm³/mol. The molecule has 3 atom stereocenters. The van der Waals surface area contributed by atoms with Crippen LogP contribution in [-0.4, -0.2) is 51.8 Å². The van der Waals surface area contributed by atoms with Crippen LogP contribution in [-0.2, 0) is 10.9 Å². The molecule has 0 unspecified atom stereocenters. The summed E-state index contributed by atoms with van der Waals surface area (Å²) < 4.78 is 47.5. The van der Waals surface area contributed by atoms with Gasteiger partial charge in [0.1, 0.15) is 11.6 Å². The van der Waals surface area contributed by atoms with Crippen LogP contribution in [0, 0.1) is 11.8 Å². The summed E-state index contributed by atoms with van der Waals surface area (Å²) in [4.78, 5) is 11.1. The molecule has 0 radical (unpaired) electrons. The van der Waals surface area contributed by atoms with E-state index in [1.807, 2.05) is 6.20 Å². The molecule has 2 aliphatic heterocycles. The summed E-state index contributed by atoms with van der Waals surface area (Å²) in [6.07, 6.45) is 2.18. The number of pyridine rings is 1. The van der Waals surface area contributed by atoms with Crippen molar-refractivity contribution in [1.82, 2.24) is 19.4 Å². The molecule has 2 aliphatic carbocycles. The maximum Gasteiger partial charge on any atom is 0.419 e. The first kappa shape index (κ1) is 18.6. The van der Waals surface area contributed by atoms with E-state index in [2.05, 4.69) is 14.5 Å². The molecule has 6 rings (SSSR count). The third-order valence-electron chi connectivity index (χ3n) is 7.39. The zero-order chi connectivity index (χ0) is 20.6. The molecule has 6 nitrogen and oxygen atoms in total. The third-order valence-corrected chi connectivity index (χ3v) is 7.39. The van der Waals surface area contributed by atoms with Crippen molar-refractivity contribution in [3.8, 4) is 11.3 Å². The molecule has 30 heavy (non-hydrogen) atoms. The zero-order valence-corrected chi connectivity index (χ0v) is 16.5. The smallest absolute Gasteiger partial charge is 0.383 e. The highest BCUT2D eigenvalue weighted by atomic mass is 19.4. The lowest BCUT2D eigenvalue weighted by Gasteiger charge is -2.36. The second kappa shape index (κ2) is 6.43. The quantitative estimate of drug-likeness (QED) is 0.824. The number of nitrogens with two attached hydrogens (primary N) is 1. The number of anilines is 1. The molecule has 160 valence electrons. The summed E-state index contributed by atoms with van der Waals surface area (Å²) in [6, 6.07) is 2.04. The number of rotatable bonds is 4. The number of halogens is 3. The topological polar surface area (TPSA) is 69.2 Å². The van der Waals surface area contributed by atoms with Crippen LogP contribution in [0.4, 0.5) is 19.0 Å².